The van der Waals surface area contributed by atoms with Gasteiger partial charge in [0.25, 0.3) is 0 Å². The third-order valence-electron chi connectivity index (χ3n) is 3.27. The number of hydrogen-bond donors (Lipinski definition) is 2. The molecule has 5 heteroatoms. The highest BCUT2D eigenvalue weighted by molar-refractivity contribution is 5.23. The van der Waals surface area contributed by atoms with Gasteiger partial charge in [-0.05, 0) is 32.2 Å². The summed E-state index contributed by atoms with van der Waals surface area (Å²) < 4.78 is 5.57. The SMILES string of the molecule is CCC(C)(CC)Nc1nnc(CNCC(C)C)o1. The van der Waals surface area contributed by atoms with Crippen molar-refractivity contribution in [3.05, 3.63) is 5.89 Å². The molecule has 0 radical (unpaired) electrons. The molecule has 0 aromatic carbocycles. The van der Waals surface area contributed by atoms with Gasteiger partial charge in [0.15, 0.2) is 0 Å². The van der Waals surface area contributed by atoms with Crippen molar-refractivity contribution in [3.63, 3.8) is 0 Å². The summed E-state index contributed by atoms with van der Waals surface area (Å²) in [5.41, 5.74) is 0.0230. The van der Waals surface area contributed by atoms with E-state index >= 15 is 0 Å². The summed E-state index contributed by atoms with van der Waals surface area (Å²) in [6, 6.07) is 0.516. The molecule has 0 amide bonds. The average Bonchev–Trinajstić information content (AvgIpc) is 2.76. The van der Waals surface area contributed by atoms with E-state index in [2.05, 4.69) is 55.4 Å². The van der Waals surface area contributed by atoms with Crippen LogP contribution in [0.1, 0.15) is 53.4 Å². The van der Waals surface area contributed by atoms with E-state index in [0.29, 0.717) is 24.4 Å². The maximum Gasteiger partial charge on any atom is 0.315 e. The van der Waals surface area contributed by atoms with Crippen molar-refractivity contribution in [1.29, 1.82) is 0 Å². The van der Waals surface area contributed by atoms with E-state index in [1.807, 2.05) is 0 Å². The van der Waals surface area contributed by atoms with Gasteiger partial charge in [0, 0.05) is 5.54 Å². The molecule has 0 aliphatic heterocycles. The molecular formula is C13H26N4O. The molecule has 0 saturated carbocycles. The summed E-state index contributed by atoms with van der Waals surface area (Å²) in [7, 11) is 0. The number of hydrogen-bond acceptors (Lipinski definition) is 5. The first kappa shape index (κ1) is 15.0. The van der Waals surface area contributed by atoms with Gasteiger partial charge in [0.05, 0.1) is 6.54 Å². The Morgan fingerprint density at radius 1 is 1.22 bits per heavy atom. The summed E-state index contributed by atoms with van der Waals surface area (Å²) in [6.45, 7) is 12.4. The van der Waals surface area contributed by atoms with Crippen molar-refractivity contribution < 1.29 is 4.42 Å². The molecule has 1 rings (SSSR count). The zero-order valence-corrected chi connectivity index (χ0v) is 12.2. The van der Waals surface area contributed by atoms with Crippen LogP contribution < -0.4 is 10.6 Å². The minimum absolute atomic E-state index is 0.0230. The van der Waals surface area contributed by atoms with E-state index < -0.39 is 0 Å². The van der Waals surface area contributed by atoms with Crippen molar-refractivity contribution in [2.75, 3.05) is 11.9 Å². The standard InChI is InChI=1S/C13H26N4O/c1-6-13(5,7-2)15-12-17-16-11(18-12)9-14-8-10(3)4/h10,14H,6-9H2,1-5H3,(H,15,17). The fourth-order valence-corrected chi connectivity index (χ4v) is 1.53. The van der Waals surface area contributed by atoms with Crippen LogP contribution in [0.3, 0.4) is 0 Å². The lowest BCUT2D eigenvalue weighted by Gasteiger charge is -2.26. The molecular weight excluding hydrogens is 228 g/mol. The molecule has 0 unspecified atom stereocenters. The van der Waals surface area contributed by atoms with Crippen LogP contribution in [0.25, 0.3) is 0 Å². The maximum atomic E-state index is 5.57. The number of anilines is 1. The van der Waals surface area contributed by atoms with Gasteiger partial charge in [-0.1, -0.05) is 32.8 Å². The second-order valence-corrected chi connectivity index (χ2v) is 5.42. The molecule has 0 bridgehead atoms. The van der Waals surface area contributed by atoms with Crippen LogP contribution in [0.2, 0.25) is 0 Å². The van der Waals surface area contributed by atoms with Crippen LogP contribution >= 0.6 is 0 Å². The Labute approximate surface area is 110 Å². The lowest BCUT2D eigenvalue weighted by molar-refractivity contribution is 0.426. The van der Waals surface area contributed by atoms with E-state index in [4.69, 9.17) is 4.42 Å². The molecule has 0 fully saturated rings. The molecule has 1 heterocycles. The molecule has 104 valence electrons. The summed E-state index contributed by atoms with van der Waals surface area (Å²) >= 11 is 0. The molecule has 0 spiro atoms. The minimum atomic E-state index is 0.0230. The first-order chi connectivity index (χ1) is 8.49. The van der Waals surface area contributed by atoms with Gasteiger partial charge >= 0.3 is 6.01 Å². The first-order valence-corrected chi connectivity index (χ1v) is 6.80. The van der Waals surface area contributed by atoms with Crippen molar-refractivity contribution in [3.8, 4) is 0 Å². The number of nitrogens with zero attached hydrogens (tertiary/aromatic N) is 2. The molecule has 0 atom stereocenters. The summed E-state index contributed by atoms with van der Waals surface area (Å²) in [4.78, 5) is 0. The Balaban J connectivity index is 2.48. The first-order valence-electron chi connectivity index (χ1n) is 6.80. The van der Waals surface area contributed by atoms with E-state index in [-0.39, 0.29) is 5.54 Å². The average molecular weight is 254 g/mol. The Morgan fingerprint density at radius 2 is 1.89 bits per heavy atom. The van der Waals surface area contributed by atoms with E-state index in [0.717, 1.165) is 19.4 Å². The van der Waals surface area contributed by atoms with Gasteiger partial charge in [0.2, 0.25) is 5.89 Å². The predicted molar refractivity (Wildman–Crippen MR) is 73.5 cm³/mol. The molecule has 0 aliphatic carbocycles. The molecule has 1 aromatic rings. The zero-order valence-electron chi connectivity index (χ0n) is 12.2. The Hall–Kier alpha value is -1.10. The van der Waals surface area contributed by atoms with Gasteiger partial charge in [-0.3, -0.25) is 0 Å². The quantitative estimate of drug-likeness (QED) is 0.747. The molecule has 2 N–H and O–H groups in total. The maximum absolute atomic E-state index is 5.57. The second-order valence-electron chi connectivity index (χ2n) is 5.42. The van der Waals surface area contributed by atoms with Crippen LogP contribution in [-0.4, -0.2) is 22.3 Å². The normalized spacial score (nSPS) is 12.1. The molecule has 0 aliphatic rings. The number of rotatable bonds is 8. The summed E-state index contributed by atoms with van der Waals surface area (Å²) in [6.07, 6.45) is 2.04. The minimum Gasteiger partial charge on any atom is -0.407 e. The molecule has 1 aromatic heterocycles. The van der Waals surface area contributed by atoms with Crippen molar-refractivity contribution in [2.24, 2.45) is 5.92 Å². The molecule has 5 nitrogen and oxygen atoms in total. The van der Waals surface area contributed by atoms with E-state index in [9.17, 15) is 0 Å². The fraction of sp³-hybridized carbons (Fsp3) is 0.846. The highest BCUT2D eigenvalue weighted by atomic mass is 16.4. The third kappa shape index (κ3) is 4.64. The predicted octanol–water partition coefficient (Wildman–Crippen LogP) is 2.81. The highest BCUT2D eigenvalue weighted by Crippen LogP contribution is 2.20. The number of aromatic nitrogens is 2. The lowest BCUT2D eigenvalue weighted by atomic mass is 9.96. The smallest absolute Gasteiger partial charge is 0.315 e. The summed E-state index contributed by atoms with van der Waals surface area (Å²) in [5.74, 6) is 1.25. The van der Waals surface area contributed by atoms with Gasteiger partial charge in [-0.2, -0.15) is 0 Å². The number of nitrogens with one attached hydrogen (secondary N) is 2. The van der Waals surface area contributed by atoms with Gasteiger partial charge in [0.1, 0.15) is 0 Å². The van der Waals surface area contributed by atoms with Crippen LogP contribution in [0.5, 0.6) is 0 Å². The van der Waals surface area contributed by atoms with Crippen molar-refractivity contribution in [2.45, 2.75) is 59.5 Å². The van der Waals surface area contributed by atoms with Crippen molar-refractivity contribution >= 4 is 6.01 Å². The van der Waals surface area contributed by atoms with Crippen LogP contribution in [0.4, 0.5) is 6.01 Å². The van der Waals surface area contributed by atoms with Crippen molar-refractivity contribution in [1.82, 2.24) is 15.5 Å². The lowest BCUT2D eigenvalue weighted by Crippen LogP contribution is -2.33. The van der Waals surface area contributed by atoms with Gasteiger partial charge in [-0.25, -0.2) is 0 Å². The van der Waals surface area contributed by atoms with Gasteiger partial charge < -0.3 is 15.1 Å². The monoisotopic (exact) mass is 254 g/mol. The highest BCUT2D eigenvalue weighted by Gasteiger charge is 2.21. The second kappa shape index (κ2) is 6.73. The van der Waals surface area contributed by atoms with Gasteiger partial charge in [-0.15, -0.1) is 5.10 Å². The fourth-order valence-electron chi connectivity index (χ4n) is 1.53. The molecule has 0 saturated heterocycles. The third-order valence-corrected chi connectivity index (χ3v) is 3.27. The molecule has 18 heavy (non-hydrogen) atoms. The zero-order chi connectivity index (χ0) is 13.6. The topological polar surface area (TPSA) is 63.0 Å². The Kier molecular flexibility index (Phi) is 5.59. The Bertz CT molecular complexity index is 345. The van der Waals surface area contributed by atoms with Crippen LogP contribution in [-0.2, 0) is 6.54 Å². The van der Waals surface area contributed by atoms with Crippen LogP contribution in [0.15, 0.2) is 4.42 Å². The Morgan fingerprint density at radius 3 is 2.44 bits per heavy atom. The van der Waals surface area contributed by atoms with Crippen LogP contribution in [0, 0.1) is 5.92 Å². The van der Waals surface area contributed by atoms with E-state index in [1.54, 1.807) is 0 Å². The summed E-state index contributed by atoms with van der Waals surface area (Å²) in [5, 5.41) is 14.6. The largest absolute Gasteiger partial charge is 0.407 e. The van der Waals surface area contributed by atoms with E-state index in [1.165, 1.54) is 0 Å².